The molecular formula is C37H54N2Ni. The first kappa shape index (κ1) is 34.2. The second-order valence-electron chi connectivity index (χ2n) is 11.9. The SMILES string of the molecule is CCCCCC1=C(c2cc(C)c(C)c(C)c2)[N+](=[N-])C(c2cc(CCCC)c(CCCC)c(CCCC)c2)=C1C.[Ni]. The van der Waals surface area contributed by atoms with E-state index in [1.54, 1.807) is 10.3 Å². The van der Waals surface area contributed by atoms with E-state index in [4.69, 9.17) is 0 Å². The van der Waals surface area contributed by atoms with Gasteiger partial charge in [-0.1, -0.05) is 59.8 Å². The molecule has 222 valence electrons. The number of benzene rings is 2. The molecule has 40 heavy (non-hydrogen) atoms. The fraction of sp³-hybridized carbons (Fsp3) is 0.568. The summed E-state index contributed by atoms with van der Waals surface area (Å²) in [6.07, 6.45) is 15.3. The van der Waals surface area contributed by atoms with Crippen LogP contribution in [0.15, 0.2) is 35.4 Å². The van der Waals surface area contributed by atoms with Crippen molar-refractivity contribution in [2.75, 3.05) is 0 Å². The van der Waals surface area contributed by atoms with E-state index in [2.05, 4.69) is 79.7 Å². The van der Waals surface area contributed by atoms with Crippen molar-refractivity contribution in [1.82, 2.24) is 0 Å². The summed E-state index contributed by atoms with van der Waals surface area (Å²) in [4.78, 5) is 0. The van der Waals surface area contributed by atoms with E-state index in [0.29, 0.717) is 0 Å². The molecule has 0 saturated carbocycles. The van der Waals surface area contributed by atoms with Crippen LogP contribution in [0.25, 0.3) is 16.9 Å². The first-order valence-corrected chi connectivity index (χ1v) is 15.9. The summed E-state index contributed by atoms with van der Waals surface area (Å²) < 4.78 is 1.55. The molecule has 1 aliphatic rings. The van der Waals surface area contributed by atoms with Crippen LogP contribution in [0.3, 0.4) is 0 Å². The maximum atomic E-state index is 12.0. The number of allylic oxidation sites excluding steroid dienone is 2. The van der Waals surface area contributed by atoms with E-state index in [1.807, 2.05) is 0 Å². The van der Waals surface area contributed by atoms with E-state index >= 15 is 0 Å². The molecule has 0 amide bonds. The Morgan fingerprint density at radius 3 is 1.55 bits per heavy atom. The smallest absolute Gasteiger partial charge is 0.211 e. The fourth-order valence-electron chi connectivity index (χ4n) is 6.17. The molecule has 3 rings (SSSR count). The van der Waals surface area contributed by atoms with Crippen molar-refractivity contribution < 1.29 is 21.2 Å². The molecular weight excluding hydrogens is 531 g/mol. The number of aryl methyl sites for hydroxylation is 4. The summed E-state index contributed by atoms with van der Waals surface area (Å²) in [6, 6.07) is 9.39. The number of unbranched alkanes of at least 4 members (excludes halogenated alkanes) is 5. The van der Waals surface area contributed by atoms with Crippen LogP contribution < -0.4 is 0 Å². The van der Waals surface area contributed by atoms with Crippen LogP contribution in [0.2, 0.25) is 0 Å². The van der Waals surface area contributed by atoms with Gasteiger partial charge < -0.3 is 5.53 Å². The van der Waals surface area contributed by atoms with E-state index in [1.165, 1.54) is 102 Å². The van der Waals surface area contributed by atoms with Gasteiger partial charge in [0.15, 0.2) is 0 Å². The average molecular weight is 586 g/mol. The molecule has 0 saturated heterocycles. The van der Waals surface area contributed by atoms with Gasteiger partial charge in [0.25, 0.3) is 0 Å². The summed E-state index contributed by atoms with van der Waals surface area (Å²) in [7, 11) is 0. The van der Waals surface area contributed by atoms with Crippen molar-refractivity contribution in [2.24, 2.45) is 0 Å². The molecule has 0 N–H and O–H groups in total. The van der Waals surface area contributed by atoms with Crippen molar-refractivity contribution in [2.45, 2.75) is 139 Å². The van der Waals surface area contributed by atoms with Crippen LogP contribution >= 0.6 is 0 Å². The standard InChI is InChI=1S/C37H54N2.Ni/c1-9-13-17-21-34-29(8)36(39(38)37(34)32-22-26(5)28(7)27(6)23-32)33-24-30(18-14-10-2)35(20-16-12-4)31(25-33)19-15-11-3;/h22-25H,9-21H2,1-8H3;. The third-order valence-corrected chi connectivity index (χ3v) is 8.84. The second kappa shape index (κ2) is 16.5. The first-order valence-electron chi connectivity index (χ1n) is 15.9. The van der Waals surface area contributed by atoms with Gasteiger partial charge in [0.1, 0.15) is 0 Å². The predicted octanol–water partition coefficient (Wildman–Crippen LogP) is 11.4. The Balaban J connectivity index is 0.00000560. The molecule has 0 bridgehead atoms. The van der Waals surface area contributed by atoms with Crippen LogP contribution in [-0.2, 0) is 35.8 Å². The third-order valence-electron chi connectivity index (χ3n) is 8.84. The van der Waals surface area contributed by atoms with Gasteiger partial charge in [0, 0.05) is 38.8 Å². The summed E-state index contributed by atoms with van der Waals surface area (Å²) in [5, 5.41) is 0. The zero-order chi connectivity index (χ0) is 28.5. The minimum atomic E-state index is 0. The Hall–Kier alpha value is -1.99. The van der Waals surface area contributed by atoms with Crippen molar-refractivity contribution in [3.63, 3.8) is 0 Å². The number of hydrogen-bond acceptors (Lipinski definition) is 0. The van der Waals surface area contributed by atoms with Crippen LogP contribution in [0.4, 0.5) is 0 Å². The van der Waals surface area contributed by atoms with Gasteiger partial charge in [-0.2, -0.15) is 0 Å². The Labute approximate surface area is 256 Å². The van der Waals surface area contributed by atoms with Gasteiger partial charge in [-0.15, -0.1) is 0 Å². The predicted molar refractivity (Wildman–Crippen MR) is 170 cm³/mol. The molecule has 0 atom stereocenters. The van der Waals surface area contributed by atoms with Crippen LogP contribution in [0.5, 0.6) is 0 Å². The third kappa shape index (κ3) is 7.85. The normalized spacial score (nSPS) is 13.4. The van der Waals surface area contributed by atoms with Gasteiger partial charge in [-0.05, 0) is 137 Å². The number of nitrogens with zero attached hydrogens (tertiary/aromatic N) is 2. The van der Waals surface area contributed by atoms with Gasteiger partial charge in [-0.3, -0.25) is 0 Å². The van der Waals surface area contributed by atoms with E-state index < -0.39 is 0 Å². The number of rotatable bonds is 15. The topological polar surface area (TPSA) is 25.3 Å². The molecule has 2 aromatic rings. The fourth-order valence-corrected chi connectivity index (χ4v) is 6.17. The molecule has 1 aliphatic heterocycles. The van der Waals surface area contributed by atoms with Crippen LogP contribution in [-0.4, -0.2) is 4.70 Å². The molecule has 0 aliphatic carbocycles. The first-order chi connectivity index (χ1) is 18.8. The zero-order valence-corrected chi connectivity index (χ0v) is 27.7. The van der Waals surface area contributed by atoms with Gasteiger partial charge >= 0.3 is 0 Å². The second-order valence-corrected chi connectivity index (χ2v) is 11.9. The Kier molecular flexibility index (Phi) is 14.1. The van der Waals surface area contributed by atoms with Crippen LogP contribution in [0, 0.1) is 20.8 Å². The quantitative estimate of drug-likeness (QED) is 0.113. The summed E-state index contributed by atoms with van der Waals surface area (Å²) in [6.45, 7) is 18.0. The molecule has 3 heteroatoms. The largest absolute Gasteiger partial charge is 0.493 e. The molecule has 0 spiro atoms. The monoisotopic (exact) mass is 584 g/mol. The maximum Gasteiger partial charge on any atom is 0.211 e. The van der Waals surface area contributed by atoms with E-state index in [0.717, 1.165) is 42.6 Å². The van der Waals surface area contributed by atoms with Crippen molar-refractivity contribution in [3.8, 4) is 0 Å². The van der Waals surface area contributed by atoms with E-state index in [9.17, 15) is 5.53 Å². The van der Waals surface area contributed by atoms with Crippen molar-refractivity contribution >= 4 is 11.4 Å². The summed E-state index contributed by atoms with van der Waals surface area (Å²) in [5.74, 6) is 0. The van der Waals surface area contributed by atoms with Crippen molar-refractivity contribution in [1.29, 1.82) is 0 Å². The average Bonchev–Trinajstić information content (AvgIpc) is 3.16. The van der Waals surface area contributed by atoms with Gasteiger partial charge in [0.2, 0.25) is 11.4 Å². The summed E-state index contributed by atoms with van der Waals surface area (Å²) in [5.41, 5.74) is 27.3. The minimum Gasteiger partial charge on any atom is -0.493 e. The van der Waals surface area contributed by atoms with Crippen molar-refractivity contribution in [3.05, 3.63) is 85.5 Å². The molecule has 2 aromatic carbocycles. The van der Waals surface area contributed by atoms with Gasteiger partial charge in [0.05, 0.1) is 0 Å². The van der Waals surface area contributed by atoms with Crippen LogP contribution in [0.1, 0.15) is 143 Å². The Morgan fingerprint density at radius 2 is 1.05 bits per heavy atom. The minimum absolute atomic E-state index is 0. The Bertz CT molecular complexity index is 1180. The molecule has 1 heterocycles. The Morgan fingerprint density at radius 1 is 0.575 bits per heavy atom. The van der Waals surface area contributed by atoms with Gasteiger partial charge in [-0.25, -0.2) is 4.70 Å². The molecule has 0 fully saturated rings. The number of hydrogen-bond donors (Lipinski definition) is 0. The molecule has 0 unspecified atom stereocenters. The summed E-state index contributed by atoms with van der Waals surface area (Å²) >= 11 is 0. The maximum absolute atomic E-state index is 12.0. The van der Waals surface area contributed by atoms with E-state index in [-0.39, 0.29) is 16.5 Å². The zero-order valence-electron chi connectivity index (χ0n) is 26.7. The molecule has 0 radical (unpaired) electrons. The molecule has 2 nitrogen and oxygen atoms in total. The molecule has 0 aromatic heterocycles.